The van der Waals surface area contributed by atoms with E-state index in [1.165, 1.54) is 5.57 Å². The molecule has 0 saturated heterocycles. The first-order valence-electron chi connectivity index (χ1n) is 8.75. The molecule has 2 aliphatic rings. The van der Waals surface area contributed by atoms with Crippen LogP contribution in [0.4, 0.5) is 4.79 Å². The lowest BCUT2D eigenvalue weighted by Gasteiger charge is -2.53. The average Bonchev–Trinajstić information content (AvgIpc) is 2.57. The van der Waals surface area contributed by atoms with E-state index in [9.17, 15) is 4.79 Å². The average molecular weight is 328 g/mol. The minimum absolute atomic E-state index is 0.00336. The van der Waals surface area contributed by atoms with E-state index in [1.807, 2.05) is 35.2 Å². The summed E-state index contributed by atoms with van der Waals surface area (Å²) in [6.07, 6.45) is 3.98. The van der Waals surface area contributed by atoms with Crippen LogP contribution in [-0.4, -0.2) is 30.1 Å². The van der Waals surface area contributed by atoms with Crippen LogP contribution in [0.3, 0.4) is 0 Å². The third kappa shape index (κ3) is 3.07. The Morgan fingerprint density at radius 1 is 1.29 bits per heavy atom. The third-order valence-corrected chi connectivity index (χ3v) is 5.80. The highest BCUT2D eigenvalue weighted by Gasteiger charge is 2.48. The zero-order valence-corrected chi connectivity index (χ0v) is 14.9. The predicted molar refractivity (Wildman–Crippen MR) is 95.4 cm³/mol. The van der Waals surface area contributed by atoms with Crippen LogP contribution in [0.25, 0.3) is 0 Å². The summed E-state index contributed by atoms with van der Waals surface area (Å²) in [5.74, 6) is 0. The Bertz CT molecular complexity index is 638. The van der Waals surface area contributed by atoms with Gasteiger partial charge in [0.2, 0.25) is 0 Å². The molecular weight excluding hydrogens is 300 g/mol. The van der Waals surface area contributed by atoms with Crippen LogP contribution in [0, 0.1) is 10.8 Å². The second kappa shape index (κ2) is 6.25. The molecule has 3 rings (SSSR count). The van der Waals surface area contributed by atoms with E-state index in [2.05, 4.69) is 26.8 Å². The van der Waals surface area contributed by atoms with Gasteiger partial charge >= 0.3 is 6.09 Å². The maximum absolute atomic E-state index is 12.5. The fourth-order valence-electron chi connectivity index (χ4n) is 4.26. The Morgan fingerprint density at radius 2 is 2.00 bits per heavy atom. The van der Waals surface area contributed by atoms with Crippen molar-refractivity contribution >= 4 is 6.09 Å². The van der Waals surface area contributed by atoms with Crippen LogP contribution in [0.15, 0.2) is 42.0 Å². The minimum Gasteiger partial charge on any atom is -0.445 e. The number of amides is 1. The first-order chi connectivity index (χ1) is 11.3. The molecule has 2 atom stereocenters. The van der Waals surface area contributed by atoms with E-state index in [1.54, 1.807) is 0 Å². The molecule has 1 fully saturated rings. The van der Waals surface area contributed by atoms with Gasteiger partial charge in [-0.2, -0.15) is 0 Å². The molecule has 0 bridgehead atoms. The highest BCUT2D eigenvalue weighted by Crippen LogP contribution is 2.51. The Morgan fingerprint density at radius 3 is 2.71 bits per heavy atom. The normalized spacial score (nSPS) is 28.8. The molecule has 0 aromatic heterocycles. The summed E-state index contributed by atoms with van der Waals surface area (Å²) < 4.78 is 5.50. The standard InChI is InChI=1S/C20H28N2O2/c1-19(2)16-10-12-22(14-20(16,3)11-9-17(19)21)18(23)24-13-15-7-5-4-6-8-15/h4-8,10,17H,9,11-14,21H2,1-3H3/t17?,20-/m1/s1. The highest BCUT2D eigenvalue weighted by atomic mass is 16.6. The van der Waals surface area contributed by atoms with Crippen molar-refractivity contribution in [2.45, 2.75) is 46.3 Å². The molecule has 24 heavy (non-hydrogen) atoms. The summed E-state index contributed by atoms with van der Waals surface area (Å²) in [6.45, 7) is 8.34. The van der Waals surface area contributed by atoms with Crippen molar-refractivity contribution in [3.8, 4) is 0 Å². The fraction of sp³-hybridized carbons (Fsp3) is 0.550. The molecule has 2 N–H and O–H groups in total. The van der Waals surface area contributed by atoms with Crippen LogP contribution in [0.5, 0.6) is 0 Å². The molecule has 1 aromatic rings. The number of ether oxygens (including phenoxy) is 1. The summed E-state index contributed by atoms with van der Waals surface area (Å²) in [7, 11) is 0. The van der Waals surface area contributed by atoms with Crippen LogP contribution in [0.2, 0.25) is 0 Å². The maximum Gasteiger partial charge on any atom is 0.410 e. The second-order valence-electron chi connectivity index (χ2n) is 7.97. The van der Waals surface area contributed by atoms with E-state index in [0.29, 0.717) is 19.7 Å². The largest absolute Gasteiger partial charge is 0.445 e. The van der Waals surface area contributed by atoms with E-state index >= 15 is 0 Å². The number of rotatable bonds is 2. The Kier molecular flexibility index (Phi) is 4.43. The first-order valence-corrected chi connectivity index (χ1v) is 8.75. The molecule has 1 aromatic carbocycles. The maximum atomic E-state index is 12.5. The molecule has 0 radical (unpaired) electrons. The van der Waals surface area contributed by atoms with Gasteiger partial charge < -0.3 is 15.4 Å². The molecular formula is C20H28N2O2. The Hall–Kier alpha value is -1.81. The van der Waals surface area contributed by atoms with Gasteiger partial charge in [-0.1, -0.05) is 62.8 Å². The third-order valence-electron chi connectivity index (χ3n) is 5.80. The molecule has 1 saturated carbocycles. The van der Waals surface area contributed by atoms with Crippen molar-refractivity contribution in [1.82, 2.24) is 4.90 Å². The number of fused-ring (bicyclic) bond motifs is 1. The van der Waals surface area contributed by atoms with Crippen molar-refractivity contribution < 1.29 is 9.53 Å². The van der Waals surface area contributed by atoms with E-state index < -0.39 is 0 Å². The fourth-order valence-corrected chi connectivity index (χ4v) is 4.26. The second-order valence-corrected chi connectivity index (χ2v) is 7.97. The van der Waals surface area contributed by atoms with Gasteiger partial charge in [-0.15, -0.1) is 0 Å². The molecule has 4 nitrogen and oxygen atoms in total. The summed E-state index contributed by atoms with van der Waals surface area (Å²) in [6, 6.07) is 9.98. The SMILES string of the molecule is CC1(C)C2=CCN(C(=O)OCc3ccccc3)C[C@@]2(C)CCC1N. The predicted octanol–water partition coefficient (Wildman–Crippen LogP) is 3.72. The summed E-state index contributed by atoms with van der Waals surface area (Å²) in [4.78, 5) is 14.3. The molecule has 1 aliphatic heterocycles. The van der Waals surface area contributed by atoms with Crippen LogP contribution in [-0.2, 0) is 11.3 Å². The highest BCUT2D eigenvalue weighted by molar-refractivity contribution is 5.68. The van der Waals surface area contributed by atoms with Gasteiger partial charge in [0, 0.05) is 30.0 Å². The smallest absolute Gasteiger partial charge is 0.410 e. The summed E-state index contributed by atoms with van der Waals surface area (Å²) >= 11 is 0. The van der Waals surface area contributed by atoms with Gasteiger partial charge in [0.25, 0.3) is 0 Å². The molecule has 1 unspecified atom stereocenters. The number of hydrogen-bond acceptors (Lipinski definition) is 3. The topological polar surface area (TPSA) is 55.6 Å². The van der Waals surface area contributed by atoms with Gasteiger partial charge in [-0.25, -0.2) is 4.79 Å². The number of nitrogens with zero attached hydrogens (tertiary/aromatic N) is 1. The number of carbonyl (C=O) groups is 1. The van der Waals surface area contributed by atoms with Crippen molar-refractivity contribution in [3.63, 3.8) is 0 Å². The van der Waals surface area contributed by atoms with Gasteiger partial charge in [0.1, 0.15) is 6.61 Å². The molecule has 1 heterocycles. The van der Waals surface area contributed by atoms with E-state index in [0.717, 1.165) is 18.4 Å². The number of carbonyl (C=O) groups excluding carboxylic acids is 1. The molecule has 130 valence electrons. The lowest BCUT2D eigenvalue weighted by atomic mass is 9.57. The van der Waals surface area contributed by atoms with Crippen LogP contribution in [0.1, 0.15) is 39.2 Å². The van der Waals surface area contributed by atoms with Gasteiger partial charge in [0.15, 0.2) is 0 Å². The van der Waals surface area contributed by atoms with Crippen molar-refractivity contribution in [2.75, 3.05) is 13.1 Å². The summed E-state index contributed by atoms with van der Waals surface area (Å²) in [5, 5.41) is 0. The zero-order chi connectivity index (χ0) is 17.4. The number of nitrogens with two attached hydrogens (primary N) is 1. The molecule has 1 amide bonds. The monoisotopic (exact) mass is 328 g/mol. The summed E-state index contributed by atoms with van der Waals surface area (Å²) in [5.41, 5.74) is 8.75. The van der Waals surface area contributed by atoms with Crippen molar-refractivity contribution in [3.05, 3.63) is 47.5 Å². The van der Waals surface area contributed by atoms with Crippen LogP contribution < -0.4 is 5.73 Å². The van der Waals surface area contributed by atoms with Crippen LogP contribution >= 0.6 is 0 Å². The van der Waals surface area contributed by atoms with Crippen molar-refractivity contribution in [1.29, 1.82) is 0 Å². The Balaban J connectivity index is 1.68. The van der Waals surface area contributed by atoms with E-state index in [4.69, 9.17) is 10.5 Å². The quantitative estimate of drug-likeness (QED) is 0.842. The van der Waals surface area contributed by atoms with E-state index in [-0.39, 0.29) is 23.0 Å². The minimum atomic E-state index is -0.233. The molecule has 1 aliphatic carbocycles. The van der Waals surface area contributed by atoms with Gasteiger partial charge in [-0.3, -0.25) is 0 Å². The lowest BCUT2D eigenvalue weighted by Crippen LogP contribution is -2.54. The van der Waals surface area contributed by atoms with Gasteiger partial charge in [0.05, 0.1) is 0 Å². The Labute approximate surface area is 144 Å². The van der Waals surface area contributed by atoms with Gasteiger partial charge in [-0.05, 0) is 18.4 Å². The zero-order valence-electron chi connectivity index (χ0n) is 14.9. The first kappa shape index (κ1) is 17.0. The number of hydrogen-bond donors (Lipinski definition) is 1. The molecule has 0 spiro atoms. The lowest BCUT2D eigenvalue weighted by molar-refractivity contribution is 0.0648. The van der Waals surface area contributed by atoms with Crippen molar-refractivity contribution in [2.24, 2.45) is 16.6 Å². The molecule has 4 heteroatoms. The number of benzene rings is 1.